The molecule has 0 fully saturated rings. The van der Waals surface area contributed by atoms with Gasteiger partial charge in [0, 0.05) is 42.8 Å². The van der Waals surface area contributed by atoms with Crippen molar-refractivity contribution in [2.24, 2.45) is 7.05 Å². The van der Waals surface area contributed by atoms with Gasteiger partial charge in [-0.25, -0.2) is 8.42 Å². The molecule has 11 heteroatoms. The number of rotatable bonds is 6. The number of hydrogen-bond donors (Lipinski definition) is 0. The van der Waals surface area contributed by atoms with Gasteiger partial charge in [-0.1, -0.05) is 0 Å². The van der Waals surface area contributed by atoms with Gasteiger partial charge in [0.05, 0.1) is 19.1 Å². The number of sulfone groups is 1. The third kappa shape index (κ3) is 5.05. The first kappa shape index (κ1) is 20.6. The Morgan fingerprint density at radius 3 is 2.48 bits per heavy atom. The van der Waals surface area contributed by atoms with E-state index in [4.69, 9.17) is 4.74 Å². The first-order valence-corrected chi connectivity index (χ1v) is 9.82. The maximum Gasteiger partial charge on any atom is 0.573 e. The third-order valence-electron chi connectivity index (χ3n) is 3.89. The number of ether oxygens (including phenoxy) is 2. The normalized spacial score (nSPS) is 12.0. The highest BCUT2D eigenvalue weighted by Crippen LogP contribution is 2.33. The fraction of sp³-hybridized carbons (Fsp3) is 0.222. The summed E-state index contributed by atoms with van der Waals surface area (Å²) in [5, 5.41) is 4.05. The minimum atomic E-state index is -4.95. The van der Waals surface area contributed by atoms with Gasteiger partial charge >= 0.3 is 6.36 Å². The van der Waals surface area contributed by atoms with Crippen LogP contribution in [-0.2, 0) is 22.6 Å². The Labute approximate surface area is 164 Å². The zero-order valence-corrected chi connectivity index (χ0v) is 16.2. The molecule has 0 atom stereocenters. The number of aromatic nitrogens is 3. The molecule has 1 aromatic carbocycles. The van der Waals surface area contributed by atoms with Gasteiger partial charge in [0.1, 0.15) is 16.4 Å². The molecule has 2 heterocycles. The van der Waals surface area contributed by atoms with E-state index in [9.17, 15) is 21.6 Å². The smallest absolute Gasteiger partial charge is 0.495 e. The zero-order chi connectivity index (χ0) is 21.2. The van der Waals surface area contributed by atoms with Crippen molar-refractivity contribution in [1.82, 2.24) is 14.8 Å². The number of halogens is 3. The molecular weight excluding hydrogens is 411 g/mol. The standard InChI is InChI=1S/C18H16F3N3O4S/c1-24-10-14(9-23-24)13-5-12(7-22-8-13)11-29(25,26)17-6-15(28-18(19,20)21)3-4-16(17)27-2/h3-10H,11H2,1-2H3. The highest BCUT2D eigenvalue weighted by molar-refractivity contribution is 7.90. The molecular formula is C18H16F3N3O4S. The van der Waals surface area contributed by atoms with Crippen molar-refractivity contribution in [3.63, 3.8) is 0 Å². The van der Waals surface area contributed by atoms with Crippen LogP contribution in [0.5, 0.6) is 11.5 Å². The minimum absolute atomic E-state index is 0.0871. The molecule has 7 nitrogen and oxygen atoms in total. The van der Waals surface area contributed by atoms with Crippen molar-refractivity contribution in [3.05, 3.63) is 54.6 Å². The number of aryl methyl sites for hydroxylation is 1. The molecule has 0 unspecified atom stereocenters. The van der Waals surface area contributed by atoms with Gasteiger partial charge in [-0.3, -0.25) is 9.67 Å². The minimum Gasteiger partial charge on any atom is -0.495 e. The molecule has 0 spiro atoms. The van der Waals surface area contributed by atoms with E-state index in [0.29, 0.717) is 11.1 Å². The van der Waals surface area contributed by atoms with Crippen LogP contribution in [0.1, 0.15) is 5.56 Å². The lowest BCUT2D eigenvalue weighted by Crippen LogP contribution is -2.17. The third-order valence-corrected chi connectivity index (χ3v) is 5.60. The average Bonchev–Trinajstić information content (AvgIpc) is 3.07. The second-order valence-corrected chi connectivity index (χ2v) is 8.06. The lowest BCUT2D eigenvalue weighted by molar-refractivity contribution is -0.274. The van der Waals surface area contributed by atoms with Crippen LogP contribution >= 0.6 is 0 Å². The number of hydrogen-bond acceptors (Lipinski definition) is 6. The van der Waals surface area contributed by atoms with Gasteiger partial charge < -0.3 is 9.47 Å². The summed E-state index contributed by atoms with van der Waals surface area (Å²) in [6, 6.07) is 4.51. The van der Waals surface area contributed by atoms with Crippen LogP contribution in [0.3, 0.4) is 0 Å². The predicted molar refractivity (Wildman–Crippen MR) is 97.0 cm³/mol. The van der Waals surface area contributed by atoms with Gasteiger partial charge in [-0.2, -0.15) is 5.10 Å². The molecule has 0 saturated heterocycles. The fourth-order valence-electron chi connectivity index (χ4n) is 2.69. The molecule has 0 aliphatic rings. The van der Waals surface area contributed by atoms with Crippen LogP contribution < -0.4 is 9.47 Å². The van der Waals surface area contributed by atoms with Crippen LogP contribution in [0.2, 0.25) is 0 Å². The van der Waals surface area contributed by atoms with Crippen LogP contribution in [0.15, 0.2) is 53.9 Å². The van der Waals surface area contributed by atoms with Gasteiger partial charge in [-0.05, 0) is 23.8 Å². The summed E-state index contributed by atoms with van der Waals surface area (Å²) in [5.74, 6) is -1.23. The molecule has 3 rings (SSSR count). The maximum atomic E-state index is 12.9. The fourth-order valence-corrected chi connectivity index (χ4v) is 4.19. The summed E-state index contributed by atoms with van der Waals surface area (Å²) in [6.07, 6.45) is 1.34. The van der Waals surface area contributed by atoms with E-state index in [2.05, 4.69) is 14.8 Å². The van der Waals surface area contributed by atoms with E-state index < -0.39 is 32.6 Å². The monoisotopic (exact) mass is 427 g/mol. The van der Waals surface area contributed by atoms with E-state index in [1.54, 1.807) is 36.4 Å². The van der Waals surface area contributed by atoms with Crippen molar-refractivity contribution in [2.45, 2.75) is 17.0 Å². The van der Waals surface area contributed by atoms with E-state index >= 15 is 0 Å². The summed E-state index contributed by atoms with van der Waals surface area (Å²) in [6.45, 7) is 0. The van der Waals surface area contributed by atoms with E-state index in [1.165, 1.54) is 13.3 Å². The lowest BCUT2D eigenvalue weighted by atomic mass is 10.1. The van der Waals surface area contributed by atoms with Crippen molar-refractivity contribution < 1.29 is 31.1 Å². The lowest BCUT2D eigenvalue weighted by Gasteiger charge is -2.13. The number of methoxy groups -OCH3 is 1. The number of alkyl halides is 3. The highest BCUT2D eigenvalue weighted by atomic mass is 32.2. The molecule has 3 aromatic rings. The number of pyridine rings is 1. The van der Waals surface area contributed by atoms with Gasteiger partial charge in [0.25, 0.3) is 0 Å². The topological polar surface area (TPSA) is 83.3 Å². The van der Waals surface area contributed by atoms with Crippen LogP contribution in [-0.4, -0.2) is 36.7 Å². The van der Waals surface area contributed by atoms with Crippen molar-refractivity contribution in [1.29, 1.82) is 0 Å². The quantitative estimate of drug-likeness (QED) is 0.600. The Bertz CT molecular complexity index is 1130. The largest absolute Gasteiger partial charge is 0.573 e. The average molecular weight is 427 g/mol. The zero-order valence-electron chi connectivity index (χ0n) is 15.3. The van der Waals surface area contributed by atoms with Crippen molar-refractivity contribution in [3.8, 4) is 22.6 Å². The molecule has 0 amide bonds. The molecule has 0 radical (unpaired) electrons. The predicted octanol–water partition coefficient (Wildman–Crippen LogP) is 3.36. The SMILES string of the molecule is COc1ccc(OC(F)(F)F)cc1S(=O)(=O)Cc1cncc(-c2cnn(C)c2)c1. The van der Waals surface area contributed by atoms with Gasteiger partial charge in [-0.15, -0.1) is 13.2 Å². The Morgan fingerprint density at radius 1 is 1.10 bits per heavy atom. The molecule has 29 heavy (non-hydrogen) atoms. The Hall–Kier alpha value is -3.08. The van der Waals surface area contributed by atoms with Crippen molar-refractivity contribution >= 4 is 9.84 Å². The first-order chi connectivity index (χ1) is 13.6. The van der Waals surface area contributed by atoms with E-state index in [0.717, 1.165) is 23.8 Å². The first-order valence-electron chi connectivity index (χ1n) is 8.17. The molecule has 0 N–H and O–H groups in total. The molecule has 0 bridgehead atoms. The molecule has 154 valence electrons. The molecule has 2 aromatic heterocycles. The maximum absolute atomic E-state index is 12.9. The molecule has 0 aliphatic carbocycles. The Morgan fingerprint density at radius 2 is 1.86 bits per heavy atom. The second kappa shape index (κ2) is 7.74. The van der Waals surface area contributed by atoms with E-state index in [-0.39, 0.29) is 5.75 Å². The van der Waals surface area contributed by atoms with Crippen LogP contribution in [0, 0.1) is 0 Å². The van der Waals surface area contributed by atoms with Crippen molar-refractivity contribution in [2.75, 3.05) is 7.11 Å². The summed E-state index contributed by atoms with van der Waals surface area (Å²) in [7, 11) is -1.09. The molecule has 0 saturated carbocycles. The van der Waals surface area contributed by atoms with Crippen LogP contribution in [0.25, 0.3) is 11.1 Å². The number of benzene rings is 1. The Kier molecular flexibility index (Phi) is 5.51. The number of nitrogens with zero attached hydrogens (tertiary/aromatic N) is 3. The van der Waals surface area contributed by atoms with Gasteiger partial charge in [0.15, 0.2) is 9.84 Å². The van der Waals surface area contributed by atoms with Crippen LogP contribution in [0.4, 0.5) is 13.2 Å². The summed E-state index contributed by atoms with van der Waals surface area (Å²) in [5.41, 5.74) is 1.76. The highest BCUT2D eigenvalue weighted by Gasteiger charge is 2.32. The summed E-state index contributed by atoms with van der Waals surface area (Å²) >= 11 is 0. The van der Waals surface area contributed by atoms with Gasteiger partial charge in [0.2, 0.25) is 0 Å². The Balaban J connectivity index is 1.94. The van der Waals surface area contributed by atoms with E-state index in [1.807, 2.05) is 0 Å². The summed E-state index contributed by atoms with van der Waals surface area (Å²) in [4.78, 5) is 3.64. The second-order valence-electron chi connectivity index (χ2n) is 6.10. The molecule has 0 aliphatic heterocycles. The summed E-state index contributed by atoms with van der Waals surface area (Å²) < 4.78 is 73.7.